The van der Waals surface area contributed by atoms with E-state index < -0.39 is 0 Å². The number of anilines is 1. The number of carbonyl (C=O) groups excluding carboxylic acids is 1. The summed E-state index contributed by atoms with van der Waals surface area (Å²) in [4.78, 5) is 12.1. The molecule has 0 atom stereocenters. The minimum atomic E-state index is -0.190. The van der Waals surface area contributed by atoms with E-state index in [0.29, 0.717) is 16.1 Å². The van der Waals surface area contributed by atoms with Crippen molar-refractivity contribution in [2.45, 2.75) is 64.0 Å². The lowest BCUT2D eigenvalue weighted by molar-refractivity contribution is -0.0943. The van der Waals surface area contributed by atoms with Crippen LogP contribution >= 0.6 is 11.6 Å². The number of carbonyl (C=O) groups is 1. The number of hydrogen-bond donors (Lipinski definition) is 3. The molecule has 0 saturated heterocycles. The zero-order chi connectivity index (χ0) is 16.8. The van der Waals surface area contributed by atoms with Gasteiger partial charge >= 0.3 is 6.03 Å². The van der Waals surface area contributed by atoms with Gasteiger partial charge in [0.2, 0.25) is 0 Å². The SMILES string of the molecule is CC(C)(C)c1ccc(NC(=O)NC2CC3(CC(O)C3)C2)cc1Cl. The fourth-order valence-corrected chi connectivity index (χ4v) is 4.38. The second-order valence-corrected chi connectivity index (χ2v) is 8.62. The second kappa shape index (κ2) is 5.67. The van der Waals surface area contributed by atoms with Gasteiger partial charge in [-0.2, -0.15) is 0 Å². The molecule has 2 amide bonds. The first-order chi connectivity index (χ1) is 10.7. The molecule has 0 heterocycles. The first kappa shape index (κ1) is 16.6. The smallest absolute Gasteiger partial charge is 0.319 e. The molecule has 3 N–H and O–H groups in total. The summed E-state index contributed by atoms with van der Waals surface area (Å²) in [5, 5.41) is 15.9. The summed E-state index contributed by atoms with van der Waals surface area (Å²) >= 11 is 6.32. The number of nitrogens with one attached hydrogen (secondary N) is 2. The predicted octanol–water partition coefficient (Wildman–Crippen LogP) is 4.06. The van der Waals surface area contributed by atoms with Crippen LogP contribution in [-0.2, 0) is 5.41 Å². The van der Waals surface area contributed by atoms with E-state index in [1.54, 1.807) is 6.07 Å². The van der Waals surface area contributed by atoms with Gasteiger partial charge in [-0.25, -0.2) is 4.79 Å². The number of hydrogen-bond acceptors (Lipinski definition) is 2. The van der Waals surface area contributed by atoms with Crippen molar-refractivity contribution in [1.29, 1.82) is 0 Å². The van der Waals surface area contributed by atoms with Gasteiger partial charge in [0.05, 0.1) is 6.10 Å². The van der Waals surface area contributed by atoms with Crippen molar-refractivity contribution in [3.8, 4) is 0 Å². The van der Waals surface area contributed by atoms with Crippen molar-refractivity contribution in [1.82, 2.24) is 5.32 Å². The van der Waals surface area contributed by atoms with Crippen molar-refractivity contribution in [3.63, 3.8) is 0 Å². The first-order valence-corrected chi connectivity index (χ1v) is 8.60. The summed E-state index contributed by atoms with van der Waals surface area (Å²) in [7, 11) is 0. The molecule has 0 aromatic heterocycles. The van der Waals surface area contributed by atoms with E-state index in [-0.39, 0.29) is 23.6 Å². The van der Waals surface area contributed by atoms with Gasteiger partial charge in [0.25, 0.3) is 0 Å². The molecule has 2 aliphatic rings. The van der Waals surface area contributed by atoms with Crippen LogP contribution in [0.3, 0.4) is 0 Å². The van der Waals surface area contributed by atoms with Crippen molar-refractivity contribution < 1.29 is 9.90 Å². The van der Waals surface area contributed by atoms with Crippen LogP contribution in [0.4, 0.5) is 10.5 Å². The zero-order valence-electron chi connectivity index (χ0n) is 13.9. The average molecular weight is 337 g/mol. The number of benzene rings is 1. The fourth-order valence-electron chi connectivity index (χ4n) is 3.91. The average Bonchev–Trinajstić information content (AvgIpc) is 2.32. The van der Waals surface area contributed by atoms with E-state index in [1.165, 1.54) is 0 Å². The topological polar surface area (TPSA) is 61.4 Å². The summed E-state index contributed by atoms with van der Waals surface area (Å²) in [6, 6.07) is 5.67. The van der Waals surface area contributed by atoms with Crippen LogP contribution in [0.25, 0.3) is 0 Å². The Balaban J connectivity index is 1.52. The Morgan fingerprint density at radius 1 is 1.26 bits per heavy atom. The maximum atomic E-state index is 12.1. The van der Waals surface area contributed by atoms with Gasteiger partial charge in [-0.15, -0.1) is 0 Å². The monoisotopic (exact) mass is 336 g/mol. The standard InChI is InChI=1S/C18H25ClN2O2/c1-17(2,3)14-5-4-11(6-15(14)19)20-16(23)21-12-7-18(8-12)9-13(22)10-18/h4-6,12-13,22H,7-10H2,1-3H3,(H2,20,21,23). The number of aliphatic hydroxyl groups excluding tert-OH is 1. The van der Waals surface area contributed by atoms with E-state index in [1.807, 2.05) is 12.1 Å². The lowest BCUT2D eigenvalue weighted by atomic mass is 9.53. The third-order valence-electron chi connectivity index (χ3n) is 5.07. The van der Waals surface area contributed by atoms with Gasteiger partial charge in [0.1, 0.15) is 0 Å². The summed E-state index contributed by atoms with van der Waals surface area (Å²) in [5.74, 6) is 0. The highest BCUT2D eigenvalue weighted by atomic mass is 35.5. The molecule has 0 unspecified atom stereocenters. The molecule has 2 aliphatic carbocycles. The Morgan fingerprint density at radius 3 is 2.43 bits per heavy atom. The quantitative estimate of drug-likeness (QED) is 0.762. The predicted molar refractivity (Wildman–Crippen MR) is 93.0 cm³/mol. The van der Waals surface area contributed by atoms with Crippen molar-refractivity contribution in [2.24, 2.45) is 5.41 Å². The Kier molecular flexibility index (Phi) is 4.09. The molecular weight excluding hydrogens is 312 g/mol. The molecule has 3 rings (SSSR count). The molecule has 2 fully saturated rings. The van der Waals surface area contributed by atoms with Crippen LogP contribution in [0.5, 0.6) is 0 Å². The number of amides is 2. The zero-order valence-corrected chi connectivity index (χ0v) is 14.7. The maximum Gasteiger partial charge on any atom is 0.319 e. The first-order valence-electron chi connectivity index (χ1n) is 8.23. The largest absolute Gasteiger partial charge is 0.393 e. The van der Waals surface area contributed by atoms with Gasteiger partial charge in [-0.1, -0.05) is 38.4 Å². The fraction of sp³-hybridized carbons (Fsp3) is 0.611. The van der Waals surface area contributed by atoms with E-state index in [9.17, 15) is 9.90 Å². The summed E-state index contributed by atoms with van der Waals surface area (Å²) in [5.41, 5.74) is 2.05. The lowest BCUT2D eigenvalue weighted by Gasteiger charge is -2.56. The molecule has 2 saturated carbocycles. The molecule has 0 bridgehead atoms. The normalized spacial score (nSPS) is 29.6. The van der Waals surface area contributed by atoms with Crippen LogP contribution in [0.15, 0.2) is 18.2 Å². The van der Waals surface area contributed by atoms with Gasteiger partial charge in [-0.3, -0.25) is 0 Å². The molecule has 126 valence electrons. The molecule has 0 radical (unpaired) electrons. The molecule has 1 aromatic rings. The van der Waals surface area contributed by atoms with Crippen molar-refractivity contribution in [2.75, 3.05) is 5.32 Å². The Bertz CT molecular complexity index is 610. The summed E-state index contributed by atoms with van der Waals surface area (Å²) in [6.45, 7) is 6.33. The lowest BCUT2D eigenvalue weighted by Crippen LogP contribution is -2.58. The maximum absolute atomic E-state index is 12.1. The highest BCUT2D eigenvalue weighted by Crippen LogP contribution is 2.55. The van der Waals surface area contributed by atoms with Crippen LogP contribution in [0, 0.1) is 5.41 Å². The van der Waals surface area contributed by atoms with Gasteiger partial charge in [0.15, 0.2) is 0 Å². The van der Waals surface area contributed by atoms with Crippen molar-refractivity contribution >= 4 is 23.3 Å². The molecule has 23 heavy (non-hydrogen) atoms. The molecule has 5 heteroatoms. The van der Waals surface area contributed by atoms with Crippen LogP contribution in [-0.4, -0.2) is 23.3 Å². The Hall–Kier alpha value is -1.26. The van der Waals surface area contributed by atoms with Crippen molar-refractivity contribution in [3.05, 3.63) is 28.8 Å². The molecule has 1 aromatic carbocycles. The highest BCUT2D eigenvalue weighted by molar-refractivity contribution is 6.31. The van der Waals surface area contributed by atoms with Gasteiger partial charge < -0.3 is 15.7 Å². The van der Waals surface area contributed by atoms with Crippen LogP contribution < -0.4 is 10.6 Å². The molecule has 0 aliphatic heterocycles. The number of urea groups is 1. The third-order valence-corrected chi connectivity index (χ3v) is 5.38. The minimum absolute atomic E-state index is 0.0224. The number of rotatable bonds is 2. The van der Waals surface area contributed by atoms with E-state index >= 15 is 0 Å². The third kappa shape index (κ3) is 3.48. The molecule has 4 nitrogen and oxygen atoms in total. The second-order valence-electron chi connectivity index (χ2n) is 8.21. The molecular formula is C18H25ClN2O2. The Morgan fingerprint density at radius 2 is 1.91 bits per heavy atom. The van der Waals surface area contributed by atoms with Gasteiger partial charge in [0, 0.05) is 16.8 Å². The number of halogens is 1. The summed E-state index contributed by atoms with van der Waals surface area (Å²) < 4.78 is 0. The molecule has 1 spiro atoms. The van der Waals surface area contributed by atoms with E-state index in [4.69, 9.17) is 11.6 Å². The van der Waals surface area contributed by atoms with Crippen LogP contribution in [0.1, 0.15) is 52.0 Å². The summed E-state index contributed by atoms with van der Waals surface area (Å²) in [6.07, 6.45) is 3.59. The van der Waals surface area contributed by atoms with E-state index in [0.717, 1.165) is 31.2 Å². The number of aliphatic hydroxyl groups is 1. The van der Waals surface area contributed by atoms with Crippen LogP contribution in [0.2, 0.25) is 5.02 Å². The minimum Gasteiger partial charge on any atom is -0.393 e. The van der Waals surface area contributed by atoms with E-state index in [2.05, 4.69) is 31.4 Å². The Labute approximate surface area is 142 Å². The highest BCUT2D eigenvalue weighted by Gasteiger charge is 2.52. The van der Waals surface area contributed by atoms with Gasteiger partial charge in [-0.05, 0) is 54.2 Å².